The van der Waals surface area contributed by atoms with Crippen LogP contribution in [0.15, 0.2) is 36.5 Å². The Kier molecular flexibility index (Phi) is 3.27. The van der Waals surface area contributed by atoms with E-state index in [-0.39, 0.29) is 0 Å². The van der Waals surface area contributed by atoms with Crippen LogP contribution in [-0.2, 0) is 0 Å². The normalized spacial score (nSPS) is 9.71. The summed E-state index contributed by atoms with van der Waals surface area (Å²) in [5.74, 6) is 0.648. The van der Waals surface area contributed by atoms with E-state index in [2.05, 4.69) is 16.4 Å². The summed E-state index contributed by atoms with van der Waals surface area (Å²) in [5, 5.41) is 12.7. The van der Waals surface area contributed by atoms with Gasteiger partial charge in [0.2, 0.25) is 0 Å². The summed E-state index contributed by atoms with van der Waals surface area (Å²) in [5.41, 5.74) is 2.53. The van der Waals surface area contributed by atoms with Gasteiger partial charge in [0.05, 0.1) is 11.6 Å². The maximum Gasteiger partial charge on any atom is 0.131 e. The Balaban J connectivity index is 2.28. The lowest BCUT2D eigenvalue weighted by Crippen LogP contribution is -1.95. The molecule has 4 heteroatoms. The molecule has 0 amide bonds. The molecule has 17 heavy (non-hydrogen) atoms. The van der Waals surface area contributed by atoms with Crippen molar-refractivity contribution >= 4 is 23.1 Å². The molecule has 1 aromatic carbocycles. The van der Waals surface area contributed by atoms with E-state index >= 15 is 0 Å². The zero-order chi connectivity index (χ0) is 12.3. The molecule has 1 N–H and O–H groups in total. The number of hydrogen-bond donors (Lipinski definition) is 1. The van der Waals surface area contributed by atoms with Crippen molar-refractivity contribution in [2.75, 3.05) is 5.32 Å². The second kappa shape index (κ2) is 4.86. The van der Waals surface area contributed by atoms with Gasteiger partial charge in [0.1, 0.15) is 5.82 Å². The molecule has 1 heterocycles. The predicted molar refractivity (Wildman–Crippen MR) is 68.4 cm³/mol. The van der Waals surface area contributed by atoms with Crippen molar-refractivity contribution in [3.05, 3.63) is 52.7 Å². The molecule has 0 aliphatic rings. The van der Waals surface area contributed by atoms with Crippen LogP contribution in [0.1, 0.15) is 11.1 Å². The molecule has 0 aliphatic carbocycles. The average molecular weight is 244 g/mol. The Hall–Kier alpha value is -2.05. The Labute approximate surface area is 105 Å². The monoisotopic (exact) mass is 243 g/mol. The number of nitrogens with one attached hydrogen (secondary N) is 1. The molecule has 0 radical (unpaired) electrons. The van der Waals surface area contributed by atoms with Crippen molar-refractivity contribution in [1.29, 1.82) is 5.26 Å². The Bertz CT molecular complexity index is 587. The number of halogens is 1. The Morgan fingerprint density at radius 2 is 2.12 bits per heavy atom. The zero-order valence-electron chi connectivity index (χ0n) is 9.24. The number of aryl methyl sites for hydroxylation is 1. The fraction of sp³-hybridized carbons (Fsp3) is 0.0769. The van der Waals surface area contributed by atoms with Crippen molar-refractivity contribution < 1.29 is 0 Å². The topological polar surface area (TPSA) is 48.7 Å². The minimum atomic E-state index is 0.578. The van der Waals surface area contributed by atoms with Crippen LogP contribution in [0.3, 0.4) is 0 Å². The highest BCUT2D eigenvalue weighted by Gasteiger charge is 2.01. The highest BCUT2D eigenvalue weighted by atomic mass is 35.5. The van der Waals surface area contributed by atoms with Gasteiger partial charge in [-0.25, -0.2) is 4.98 Å². The number of hydrogen-bond acceptors (Lipinski definition) is 3. The molecular formula is C13H10ClN3. The van der Waals surface area contributed by atoms with E-state index in [1.165, 1.54) is 0 Å². The molecule has 0 unspecified atom stereocenters. The van der Waals surface area contributed by atoms with Gasteiger partial charge in [-0.1, -0.05) is 11.6 Å². The summed E-state index contributed by atoms with van der Waals surface area (Å²) in [7, 11) is 0. The maximum atomic E-state index is 8.80. The number of pyridine rings is 1. The van der Waals surface area contributed by atoms with Crippen LogP contribution < -0.4 is 5.32 Å². The third-order valence-corrected chi connectivity index (χ3v) is 2.58. The van der Waals surface area contributed by atoms with Gasteiger partial charge in [-0.05, 0) is 42.8 Å². The number of nitriles is 1. The molecule has 2 aromatic rings. The molecule has 0 fully saturated rings. The molecule has 0 bridgehead atoms. The summed E-state index contributed by atoms with van der Waals surface area (Å²) in [6.07, 6.45) is 1.60. The molecule has 3 nitrogen and oxygen atoms in total. The van der Waals surface area contributed by atoms with E-state index in [1.807, 2.05) is 25.1 Å². The summed E-state index contributed by atoms with van der Waals surface area (Å²) in [4.78, 5) is 4.15. The van der Waals surface area contributed by atoms with Crippen LogP contribution in [0.2, 0.25) is 5.02 Å². The highest BCUT2D eigenvalue weighted by Crippen LogP contribution is 2.22. The first-order valence-electron chi connectivity index (χ1n) is 5.08. The number of aromatic nitrogens is 1. The second-order valence-electron chi connectivity index (χ2n) is 3.63. The van der Waals surface area contributed by atoms with Crippen LogP contribution in [0.4, 0.5) is 11.5 Å². The minimum absolute atomic E-state index is 0.578. The van der Waals surface area contributed by atoms with E-state index in [9.17, 15) is 0 Å². The van der Waals surface area contributed by atoms with Crippen molar-refractivity contribution in [2.24, 2.45) is 0 Å². The molecule has 0 spiro atoms. The lowest BCUT2D eigenvalue weighted by Gasteiger charge is -2.08. The van der Waals surface area contributed by atoms with Crippen LogP contribution in [0.5, 0.6) is 0 Å². The average Bonchev–Trinajstić information content (AvgIpc) is 2.33. The molecule has 0 aliphatic heterocycles. The lowest BCUT2D eigenvalue weighted by atomic mass is 10.2. The summed E-state index contributed by atoms with van der Waals surface area (Å²) in [6, 6.07) is 11.0. The van der Waals surface area contributed by atoms with Crippen molar-refractivity contribution in [3.63, 3.8) is 0 Å². The third-order valence-electron chi connectivity index (χ3n) is 2.34. The number of rotatable bonds is 2. The maximum absolute atomic E-state index is 8.80. The van der Waals surface area contributed by atoms with Gasteiger partial charge in [0, 0.05) is 16.9 Å². The summed E-state index contributed by atoms with van der Waals surface area (Å²) >= 11 is 5.88. The van der Waals surface area contributed by atoms with Crippen molar-refractivity contribution in [3.8, 4) is 6.07 Å². The first-order chi connectivity index (χ1) is 8.19. The number of anilines is 2. The van der Waals surface area contributed by atoms with Crippen LogP contribution in [0, 0.1) is 18.3 Å². The van der Waals surface area contributed by atoms with Crippen molar-refractivity contribution in [2.45, 2.75) is 6.92 Å². The standard InChI is InChI=1S/C13H10ClN3/c1-9-6-11(14)2-3-12(9)17-13-7-10(8-15)4-5-16-13/h2-7H,1H3,(H,16,17). The quantitative estimate of drug-likeness (QED) is 0.876. The van der Waals surface area contributed by atoms with Crippen LogP contribution in [-0.4, -0.2) is 4.98 Å². The highest BCUT2D eigenvalue weighted by molar-refractivity contribution is 6.30. The van der Waals surface area contributed by atoms with Crippen LogP contribution in [0.25, 0.3) is 0 Å². The van der Waals surface area contributed by atoms with Gasteiger partial charge in [0.15, 0.2) is 0 Å². The smallest absolute Gasteiger partial charge is 0.131 e. The largest absolute Gasteiger partial charge is 0.340 e. The molecule has 1 aromatic heterocycles. The Morgan fingerprint density at radius 3 is 2.82 bits per heavy atom. The number of nitrogens with zero attached hydrogens (tertiary/aromatic N) is 2. The molecule has 0 atom stereocenters. The fourth-order valence-corrected chi connectivity index (χ4v) is 1.70. The van der Waals surface area contributed by atoms with E-state index in [0.29, 0.717) is 16.4 Å². The summed E-state index contributed by atoms with van der Waals surface area (Å²) < 4.78 is 0. The van der Waals surface area contributed by atoms with Gasteiger partial charge in [-0.15, -0.1) is 0 Å². The first-order valence-corrected chi connectivity index (χ1v) is 5.46. The molecule has 84 valence electrons. The van der Waals surface area contributed by atoms with Gasteiger partial charge in [-0.3, -0.25) is 0 Å². The molecule has 0 saturated heterocycles. The summed E-state index contributed by atoms with van der Waals surface area (Å²) in [6.45, 7) is 1.96. The Morgan fingerprint density at radius 1 is 1.29 bits per heavy atom. The SMILES string of the molecule is Cc1cc(Cl)ccc1Nc1cc(C#N)ccn1. The van der Waals surface area contributed by atoms with E-state index in [0.717, 1.165) is 11.3 Å². The minimum Gasteiger partial charge on any atom is -0.340 e. The number of benzene rings is 1. The second-order valence-corrected chi connectivity index (χ2v) is 4.06. The van der Waals surface area contributed by atoms with Gasteiger partial charge in [-0.2, -0.15) is 5.26 Å². The van der Waals surface area contributed by atoms with E-state index in [1.54, 1.807) is 18.3 Å². The van der Waals surface area contributed by atoms with Gasteiger partial charge >= 0.3 is 0 Å². The van der Waals surface area contributed by atoms with E-state index in [4.69, 9.17) is 16.9 Å². The van der Waals surface area contributed by atoms with E-state index < -0.39 is 0 Å². The van der Waals surface area contributed by atoms with Crippen LogP contribution >= 0.6 is 11.6 Å². The first kappa shape index (κ1) is 11.4. The predicted octanol–water partition coefficient (Wildman–Crippen LogP) is 3.66. The third kappa shape index (κ3) is 2.74. The molecule has 2 rings (SSSR count). The van der Waals surface area contributed by atoms with Gasteiger partial charge in [0.25, 0.3) is 0 Å². The van der Waals surface area contributed by atoms with Gasteiger partial charge < -0.3 is 5.32 Å². The lowest BCUT2D eigenvalue weighted by molar-refractivity contribution is 1.28. The van der Waals surface area contributed by atoms with Crippen molar-refractivity contribution in [1.82, 2.24) is 4.98 Å². The zero-order valence-corrected chi connectivity index (χ0v) is 9.99. The molecule has 0 saturated carbocycles. The molecular weight excluding hydrogens is 234 g/mol. The fourth-order valence-electron chi connectivity index (χ4n) is 1.47.